The molecule has 5 heterocycles. The Bertz CT molecular complexity index is 1380. The van der Waals surface area contributed by atoms with Gasteiger partial charge in [0.2, 0.25) is 0 Å². The van der Waals surface area contributed by atoms with Gasteiger partial charge in [-0.1, -0.05) is 29.5 Å². The lowest BCUT2D eigenvalue weighted by molar-refractivity contribution is 1.11. The molecule has 1 aromatic carbocycles. The van der Waals surface area contributed by atoms with Crippen molar-refractivity contribution in [3.8, 4) is 16.4 Å². The Morgan fingerprint density at radius 2 is 1.61 bits per heavy atom. The molecule has 0 aliphatic carbocycles. The van der Waals surface area contributed by atoms with Crippen LogP contribution in [0.25, 0.3) is 48.7 Å². The Morgan fingerprint density at radius 1 is 0.750 bits per heavy atom. The minimum absolute atomic E-state index is 0.848. The van der Waals surface area contributed by atoms with E-state index in [1.54, 1.807) is 17.5 Å². The van der Waals surface area contributed by atoms with Crippen molar-refractivity contribution in [3.63, 3.8) is 0 Å². The summed E-state index contributed by atoms with van der Waals surface area (Å²) in [5, 5.41) is 3.20. The van der Waals surface area contributed by atoms with Crippen molar-refractivity contribution in [1.29, 1.82) is 0 Å². The van der Waals surface area contributed by atoms with Crippen LogP contribution in [0, 0.1) is 0 Å². The van der Waals surface area contributed by atoms with Crippen LogP contribution < -0.4 is 0 Å². The van der Waals surface area contributed by atoms with Crippen LogP contribution in [0.3, 0.4) is 0 Å². The van der Waals surface area contributed by atoms with Gasteiger partial charge in [0, 0.05) is 23.2 Å². The summed E-state index contributed by atoms with van der Waals surface area (Å²) in [6.07, 6.45) is 5.50. The summed E-state index contributed by atoms with van der Waals surface area (Å²) >= 11 is 1.55. The van der Waals surface area contributed by atoms with Gasteiger partial charge in [-0.15, -0.1) is 0 Å². The smallest absolute Gasteiger partial charge is 0.145 e. The fraction of sp³-hybridized carbons (Fsp3) is 0. The molecule has 5 aromatic heterocycles. The average Bonchev–Trinajstić information content (AvgIpc) is 3.33. The zero-order valence-electron chi connectivity index (χ0n) is 14.6. The number of hydrogen-bond donors (Lipinski definition) is 0. The molecule has 6 heteroatoms. The summed E-state index contributed by atoms with van der Waals surface area (Å²) < 4.78 is 2.15. The Morgan fingerprint density at radius 3 is 2.50 bits per heavy atom. The number of nitrogens with zero attached hydrogens (tertiary/aromatic N) is 5. The number of rotatable bonds is 2. The van der Waals surface area contributed by atoms with E-state index in [0.717, 1.165) is 43.3 Å². The molecule has 0 fully saturated rings. The Kier molecular flexibility index (Phi) is 3.27. The predicted molar refractivity (Wildman–Crippen MR) is 113 cm³/mol. The highest BCUT2D eigenvalue weighted by Gasteiger charge is 2.13. The summed E-state index contributed by atoms with van der Waals surface area (Å²) in [6, 6.07) is 20.4. The van der Waals surface area contributed by atoms with Gasteiger partial charge in [-0.2, -0.15) is 0 Å². The largest absolute Gasteiger partial charge is 0.292 e. The molecule has 28 heavy (non-hydrogen) atoms. The topological polar surface area (TPSA) is 56.5 Å². The van der Waals surface area contributed by atoms with Gasteiger partial charge in [-0.05, 0) is 42.5 Å². The van der Waals surface area contributed by atoms with Gasteiger partial charge < -0.3 is 0 Å². The maximum Gasteiger partial charge on any atom is 0.145 e. The molecule has 0 aliphatic heterocycles. The van der Waals surface area contributed by atoms with Gasteiger partial charge in [0.05, 0.1) is 23.1 Å². The van der Waals surface area contributed by atoms with Crippen LogP contribution in [0.2, 0.25) is 0 Å². The number of aromatic nitrogens is 5. The van der Waals surface area contributed by atoms with Crippen molar-refractivity contribution in [2.24, 2.45) is 0 Å². The Balaban J connectivity index is 1.52. The first kappa shape index (κ1) is 15.4. The molecule has 0 aliphatic rings. The summed E-state index contributed by atoms with van der Waals surface area (Å²) in [5.41, 5.74) is 4.78. The van der Waals surface area contributed by atoms with Crippen molar-refractivity contribution >= 4 is 43.6 Å². The first-order valence-corrected chi connectivity index (χ1v) is 9.73. The summed E-state index contributed by atoms with van der Waals surface area (Å²) in [6.45, 7) is 0. The number of benzene rings is 1. The summed E-state index contributed by atoms with van der Waals surface area (Å²) in [5.74, 6) is 0. The van der Waals surface area contributed by atoms with Crippen LogP contribution in [-0.2, 0) is 0 Å². The van der Waals surface area contributed by atoms with E-state index in [2.05, 4.69) is 54.8 Å². The lowest BCUT2D eigenvalue weighted by atomic mass is 10.2. The van der Waals surface area contributed by atoms with Gasteiger partial charge in [-0.3, -0.25) is 9.55 Å². The lowest BCUT2D eigenvalue weighted by Gasteiger charge is -2.07. The fourth-order valence-electron chi connectivity index (χ4n) is 3.58. The number of pyridine rings is 3. The molecule has 0 saturated carbocycles. The van der Waals surface area contributed by atoms with E-state index in [-0.39, 0.29) is 0 Å². The number of hydrogen-bond acceptors (Lipinski definition) is 5. The normalized spacial score (nSPS) is 11.6. The van der Waals surface area contributed by atoms with Gasteiger partial charge in [0.1, 0.15) is 21.0 Å². The molecule has 0 N–H and O–H groups in total. The van der Waals surface area contributed by atoms with Crippen LogP contribution in [0.5, 0.6) is 0 Å². The number of fused-ring (bicyclic) bond motifs is 4. The third kappa shape index (κ3) is 2.25. The Labute approximate surface area is 164 Å². The van der Waals surface area contributed by atoms with E-state index in [1.807, 2.05) is 42.7 Å². The molecule has 0 unspecified atom stereocenters. The molecule has 132 valence electrons. The van der Waals surface area contributed by atoms with E-state index in [1.165, 1.54) is 5.39 Å². The van der Waals surface area contributed by atoms with Crippen molar-refractivity contribution in [3.05, 3.63) is 79.3 Å². The zero-order chi connectivity index (χ0) is 18.5. The third-order valence-corrected chi connectivity index (χ3v) is 5.83. The molecular weight excluding hydrogens is 366 g/mol. The molecule has 0 spiro atoms. The highest BCUT2D eigenvalue weighted by molar-refractivity contribution is 7.21. The van der Waals surface area contributed by atoms with E-state index in [9.17, 15) is 0 Å². The van der Waals surface area contributed by atoms with Crippen LogP contribution in [0.1, 0.15) is 0 Å². The van der Waals surface area contributed by atoms with E-state index < -0.39 is 0 Å². The highest BCUT2D eigenvalue weighted by atomic mass is 32.1. The van der Waals surface area contributed by atoms with Crippen molar-refractivity contribution < 1.29 is 0 Å². The Hall–Kier alpha value is -3.64. The molecule has 6 aromatic rings. The number of para-hydroxylation sites is 1. The van der Waals surface area contributed by atoms with Crippen molar-refractivity contribution in [2.45, 2.75) is 0 Å². The molecule has 0 atom stereocenters. The third-order valence-electron chi connectivity index (χ3n) is 4.83. The molecule has 0 amide bonds. The minimum Gasteiger partial charge on any atom is -0.292 e. The van der Waals surface area contributed by atoms with Crippen LogP contribution >= 0.6 is 11.3 Å². The van der Waals surface area contributed by atoms with Gasteiger partial charge in [0.25, 0.3) is 0 Å². The second-order valence-electron chi connectivity index (χ2n) is 6.48. The van der Waals surface area contributed by atoms with Crippen LogP contribution in [0.15, 0.2) is 79.3 Å². The van der Waals surface area contributed by atoms with Crippen molar-refractivity contribution in [1.82, 2.24) is 24.5 Å². The first-order chi connectivity index (χ1) is 13.9. The van der Waals surface area contributed by atoms with Gasteiger partial charge in [0.15, 0.2) is 0 Å². The van der Waals surface area contributed by atoms with Crippen LogP contribution in [-0.4, -0.2) is 24.5 Å². The minimum atomic E-state index is 0.848. The highest BCUT2D eigenvalue weighted by Crippen LogP contribution is 2.32. The number of thiazole rings is 1. The van der Waals surface area contributed by atoms with Gasteiger partial charge >= 0.3 is 0 Å². The molecule has 5 nitrogen and oxygen atoms in total. The van der Waals surface area contributed by atoms with Crippen LogP contribution in [0.4, 0.5) is 0 Å². The molecule has 6 rings (SSSR count). The van der Waals surface area contributed by atoms with Crippen molar-refractivity contribution in [2.75, 3.05) is 0 Å². The summed E-state index contributed by atoms with van der Waals surface area (Å²) in [7, 11) is 0. The SMILES string of the molecule is c1cnc2sc(-c3ccc(-n4c5ccccc5c5cccnc54)cn3)nc2c1. The maximum absolute atomic E-state index is 4.69. The molecular formula is C22H13N5S. The predicted octanol–water partition coefficient (Wildman–Crippen LogP) is 5.25. The second kappa shape index (κ2) is 5.94. The quantitative estimate of drug-likeness (QED) is 0.412. The molecule has 0 radical (unpaired) electrons. The fourth-order valence-corrected chi connectivity index (χ4v) is 4.47. The first-order valence-electron chi connectivity index (χ1n) is 8.91. The monoisotopic (exact) mass is 379 g/mol. The van der Waals surface area contributed by atoms with E-state index >= 15 is 0 Å². The second-order valence-corrected chi connectivity index (χ2v) is 7.45. The summed E-state index contributed by atoms with van der Waals surface area (Å²) in [4.78, 5) is 19.3. The molecule has 0 bridgehead atoms. The zero-order valence-corrected chi connectivity index (χ0v) is 15.5. The van der Waals surface area contributed by atoms with Gasteiger partial charge in [-0.25, -0.2) is 15.0 Å². The lowest BCUT2D eigenvalue weighted by Crippen LogP contribution is -1.96. The standard InChI is InChI=1S/C22H13N5S/c1-2-8-19-15(5-1)16-6-3-11-23-20(16)27(19)14-9-10-17(25-13-14)22-26-18-7-4-12-24-21(18)28-22/h1-13H. The average molecular weight is 379 g/mol. The van der Waals surface area contributed by atoms with E-state index in [0.29, 0.717) is 0 Å². The molecule has 0 saturated heterocycles. The maximum atomic E-state index is 4.69. The van der Waals surface area contributed by atoms with E-state index in [4.69, 9.17) is 0 Å².